The number of hydrogen-bond donors (Lipinski definition) is 0. The molecular formula is C23H20N2O2S2. The van der Waals surface area contributed by atoms with Gasteiger partial charge in [-0.05, 0) is 36.1 Å². The van der Waals surface area contributed by atoms with Crippen molar-refractivity contribution in [1.29, 1.82) is 0 Å². The number of aryl methyl sites for hydroxylation is 2. The molecule has 0 radical (unpaired) electrons. The first kappa shape index (κ1) is 19.6. The maximum Gasteiger partial charge on any atom is 0.316 e. The molecule has 4 rings (SSSR count). The van der Waals surface area contributed by atoms with E-state index in [1.165, 1.54) is 22.9 Å². The Labute approximate surface area is 178 Å². The molecule has 0 spiro atoms. The number of rotatable bonds is 6. The van der Waals surface area contributed by atoms with E-state index in [1.807, 2.05) is 30.3 Å². The van der Waals surface area contributed by atoms with Crippen LogP contribution < -0.4 is 0 Å². The van der Waals surface area contributed by atoms with E-state index in [-0.39, 0.29) is 18.3 Å². The van der Waals surface area contributed by atoms with Crippen LogP contribution in [0, 0.1) is 13.8 Å². The summed E-state index contributed by atoms with van der Waals surface area (Å²) in [5.74, 6) is -0.0465. The number of esters is 1. The molecule has 0 saturated heterocycles. The third kappa shape index (κ3) is 4.49. The van der Waals surface area contributed by atoms with Crippen molar-refractivity contribution in [2.75, 3.05) is 5.75 Å². The molecule has 0 N–H and O–H groups in total. The topological polar surface area (TPSA) is 52.1 Å². The Morgan fingerprint density at radius 3 is 2.69 bits per heavy atom. The zero-order valence-corrected chi connectivity index (χ0v) is 17.8. The molecule has 2 aromatic carbocycles. The highest BCUT2D eigenvalue weighted by molar-refractivity contribution is 8.00. The monoisotopic (exact) mass is 420 g/mol. The van der Waals surface area contributed by atoms with Gasteiger partial charge in [-0.25, -0.2) is 9.97 Å². The van der Waals surface area contributed by atoms with E-state index in [1.54, 1.807) is 17.7 Å². The van der Waals surface area contributed by atoms with E-state index < -0.39 is 0 Å². The van der Waals surface area contributed by atoms with Crippen LogP contribution in [-0.2, 0) is 16.1 Å². The second-order valence-electron chi connectivity index (χ2n) is 6.74. The van der Waals surface area contributed by atoms with Gasteiger partial charge < -0.3 is 4.74 Å². The minimum absolute atomic E-state index is 0.209. The van der Waals surface area contributed by atoms with Crippen LogP contribution in [0.1, 0.15) is 16.7 Å². The molecule has 146 valence electrons. The van der Waals surface area contributed by atoms with Crippen LogP contribution in [0.25, 0.3) is 21.3 Å². The van der Waals surface area contributed by atoms with Gasteiger partial charge in [-0.2, -0.15) is 0 Å². The summed E-state index contributed by atoms with van der Waals surface area (Å²) >= 11 is 2.99. The zero-order valence-electron chi connectivity index (χ0n) is 16.2. The van der Waals surface area contributed by atoms with E-state index in [9.17, 15) is 4.79 Å². The molecule has 0 saturated carbocycles. The van der Waals surface area contributed by atoms with Crippen molar-refractivity contribution in [3.05, 3.63) is 76.9 Å². The minimum atomic E-state index is -0.256. The molecule has 0 unspecified atom stereocenters. The van der Waals surface area contributed by atoms with Crippen molar-refractivity contribution in [2.45, 2.75) is 25.5 Å². The molecular weight excluding hydrogens is 400 g/mol. The van der Waals surface area contributed by atoms with Crippen molar-refractivity contribution in [3.63, 3.8) is 0 Å². The van der Waals surface area contributed by atoms with Crippen LogP contribution in [0.4, 0.5) is 0 Å². The Hall–Kier alpha value is -2.70. The molecule has 4 nitrogen and oxygen atoms in total. The number of aromatic nitrogens is 2. The van der Waals surface area contributed by atoms with Gasteiger partial charge in [0.1, 0.15) is 22.8 Å². The van der Waals surface area contributed by atoms with Crippen LogP contribution in [0.3, 0.4) is 0 Å². The summed E-state index contributed by atoms with van der Waals surface area (Å²) in [5.41, 5.74) is 5.74. The molecule has 0 aliphatic heterocycles. The molecule has 0 atom stereocenters. The maximum atomic E-state index is 12.2. The van der Waals surface area contributed by atoms with Gasteiger partial charge in [-0.1, -0.05) is 60.3 Å². The Bertz CT molecular complexity index is 1160. The first-order valence-corrected chi connectivity index (χ1v) is 11.1. The Morgan fingerprint density at radius 2 is 1.90 bits per heavy atom. The molecule has 2 aromatic heterocycles. The Morgan fingerprint density at radius 1 is 1.07 bits per heavy atom. The first-order valence-electron chi connectivity index (χ1n) is 9.24. The van der Waals surface area contributed by atoms with Gasteiger partial charge in [0.25, 0.3) is 0 Å². The number of fused-ring (bicyclic) bond motifs is 1. The fourth-order valence-electron chi connectivity index (χ4n) is 2.99. The van der Waals surface area contributed by atoms with Crippen LogP contribution in [0.15, 0.2) is 65.3 Å². The number of ether oxygens (including phenoxy) is 1. The number of carbonyl (C=O) groups is 1. The molecule has 0 fully saturated rings. The van der Waals surface area contributed by atoms with Crippen molar-refractivity contribution < 1.29 is 9.53 Å². The minimum Gasteiger partial charge on any atom is -0.460 e. The third-order valence-electron chi connectivity index (χ3n) is 4.72. The largest absolute Gasteiger partial charge is 0.460 e. The quantitative estimate of drug-likeness (QED) is 0.224. The lowest BCUT2D eigenvalue weighted by Crippen LogP contribution is -2.07. The second-order valence-corrected chi connectivity index (χ2v) is 8.56. The summed E-state index contributed by atoms with van der Waals surface area (Å²) in [6, 6.07) is 16.1. The molecule has 4 aromatic rings. The van der Waals surface area contributed by atoms with E-state index >= 15 is 0 Å². The number of nitrogens with zero attached hydrogens (tertiary/aromatic N) is 2. The van der Waals surface area contributed by atoms with Gasteiger partial charge in [-0.3, -0.25) is 4.79 Å². The third-order valence-corrected chi connectivity index (χ3v) is 6.57. The summed E-state index contributed by atoms with van der Waals surface area (Å²) in [7, 11) is 0. The Balaban J connectivity index is 1.52. The second kappa shape index (κ2) is 8.76. The summed E-state index contributed by atoms with van der Waals surface area (Å²) < 4.78 is 5.39. The molecule has 0 aliphatic rings. The highest BCUT2D eigenvalue weighted by Crippen LogP contribution is 2.38. The SMILES string of the molecule is Cc1ccc(-c2csc3ncnc(SCC(=O)OCc4ccccc4)c23)cc1C. The van der Waals surface area contributed by atoms with Crippen molar-refractivity contribution >= 4 is 39.3 Å². The summed E-state index contributed by atoms with van der Waals surface area (Å²) in [6.45, 7) is 4.50. The molecule has 0 bridgehead atoms. The normalized spacial score (nSPS) is 11.0. The van der Waals surface area contributed by atoms with E-state index in [0.717, 1.165) is 31.9 Å². The highest BCUT2D eigenvalue weighted by Gasteiger charge is 2.15. The fraction of sp³-hybridized carbons (Fsp3) is 0.174. The van der Waals surface area contributed by atoms with Crippen molar-refractivity contribution in [3.8, 4) is 11.1 Å². The van der Waals surface area contributed by atoms with Crippen LogP contribution in [0.5, 0.6) is 0 Å². The van der Waals surface area contributed by atoms with Gasteiger partial charge in [0.15, 0.2) is 0 Å². The van der Waals surface area contributed by atoms with Gasteiger partial charge >= 0.3 is 5.97 Å². The van der Waals surface area contributed by atoms with Gasteiger partial charge in [0.2, 0.25) is 0 Å². The van der Waals surface area contributed by atoms with E-state index in [2.05, 4.69) is 47.4 Å². The summed E-state index contributed by atoms with van der Waals surface area (Å²) in [4.78, 5) is 22.0. The number of thioether (sulfide) groups is 1. The Kier molecular flexibility index (Phi) is 5.92. The van der Waals surface area contributed by atoms with Crippen LogP contribution >= 0.6 is 23.1 Å². The molecule has 2 heterocycles. The fourth-order valence-corrected chi connectivity index (χ4v) is 4.78. The van der Waals surface area contributed by atoms with Gasteiger partial charge in [0, 0.05) is 10.9 Å². The lowest BCUT2D eigenvalue weighted by Gasteiger charge is -2.08. The number of hydrogen-bond acceptors (Lipinski definition) is 6. The maximum absolute atomic E-state index is 12.2. The molecule has 6 heteroatoms. The molecule has 29 heavy (non-hydrogen) atoms. The standard InChI is InChI=1S/C23H20N2O2S2/c1-15-8-9-18(10-16(15)2)19-12-28-22-21(19)23(25-14-24-22)29-13-20(26)27-11-17-6-4-3-5-7-17/h3-10,12,14H,11,13H2,1-2H3. The van der Waals surface area contributed by atoms with E-state index in [0.29, 0.717) is 0 Å². The average Bonchev–Trinajstić information content (AvgIpc) is 3.18. The van der Waals surface area contributed by atoms with Gasteiger partial charge in [0.05, 0.1) is 11.1 Å². The van der Waals surface area contributed by atoms with E-state index in [4.69, 9.17) is 4.74 Å². The molecule has 0 aliphatic carbocycles. The lowest BCUT2D eigenvalue weighted by atomic mass is 10.0. The average molecular weight is 421 g/mol. The van der Waals surface area contributed by atoms with Gasteiger partial charge in [-0.15, -0.1) is 11.3 Å². The number of benzene rings is 2. The molecule has 0 amide bonds. The first-order chi connectivity index (χ1) is 14.1. The highest BCUT2D eigenvalue weighted by atomic mass is 32.2. The summed E-state index contributed by atoms with van der Waals surface area (Å²) in [6.07, 6.45) is 1.56. The number of thiophene rings is 1. The predicted octanol–water partition coefficient (Wildman–Crippen LogP) is 5.81. The number of carbonyl (C=O) groups excluding carboxylic acids is 1. The van der Waals surface area contributed by atoms with Crippen molar-refractivity contribution in [2.24, 2.45) is 0 Å². The van der Waals surface area contributed by atoms with Crippen LogP contribution in [0.2, 0.25) is 0 Å². The van der Waals surface area contributed by atoms with Crippen LogP contribution in [-0.4, -0.2) is 21.7 Å². The smallest absolute Gasteiger partial charge is 0.316 e. The zero-order chi connectivity index (χ0) is 20.2. The predicted molar refractivity (Wildman–Crippen MR) is 119 cm³/mol. The summed E-state index contributed by atoms with van der Waals surface area (Å²) in [5, 5.41) is 3.92. The van der Waals surface area contributed by atoms with Crippen molar-refractivity contribution in [1.82, 2.24) is 9.97 Å². The lowest BCUT2D eigenvalue weighted by molar-refractivity contribution is -0.141.